The highest BCUT2D eigenvalue weighted by molar-refractivity contribution is 6.30. The van der Waals surface area contributed by atoms with Gasteiger partial charge in [0.15, 0.2) is 0 Å². The fourth-order valence-corrected chi connectivity index (χ4v) is 4.49. The lowest BCUT2D eigenvalue weighted by molar-refractivity contribution is 0.00964. The van der Waals surface area contributed by atoms with Crippen LogP contribution < -0.4 is 19.3 Å². The number of carbonyl (C=O) groups excluding carboxylic acids is 1. The molecule has 0 unspecified atom stereocenters. The van der Waals surface area contributed by atoms with Crippen molar-refractivity contribution < 1.29 is 14.3 Å². The lowest BCUT2D eigenvalue weighted by Gasteiger charge is -2.60. The van der Waals surface area contributed by atoms with Gasteiger partial charge in [0.1, 0.15) is 11.6 Å². The van der Waals surface area contributed by atoms with Gasteiger partial charge in [-0.1, -0.05) is 11.6 Å². The van der Waals surface area contributed by atoms with E-state index in [1.807, 2.05) is 15.9 Å². The van der Waals surface area contributed by atoms with Gasteiger partial charge < -0.3 is 19.3 Å². The Morgan fingerprint density at radius 2 is 2.03 bits per heavy atom. The maximum absolute atomic E-state index is 13.1. The van der Waals surface area contributed by atoms with Gasteiger partial charge in [-0.15, -0.1) is 0 Å². The van der Waals surface area contributed by atoms with Crippen LogP contribution in [-0.2, 0) is 0 Å². The van der Waals surface area contributed by atoms with E-state index in [-0.39, 0.29) is 11.4 Å². The minimum atomic E-state index is 0.0346. The van der Waals surface area contributed by atoms with E-state index in [0.717, 1.165) is 44.1 Å². The van der Waals surface area contributed by atoms with Crippen LogP contribution in [0.4, 0.5) is 16.3 Å². The van der Waals surface area contributed by atoms with Crippen molar-refractivity contribution in [3.8, 4) is 11.6 Å². The van der Waals surface area contributed by atoms with E-state index in [9.17, 15) is 4.79 Å². The Labute approximate surface area is 174 Å². The number of benzene rings is 1. The van der Waals surface area contributed by atoms with Crippen molar-refractivity contribution in [3.05, 3.63) is 35.6 Å². The highest BCUT2D eigenvalue weighted by Gasteiger charge is 2.54. The monoisotopic (exact) mass is 415 g/mol. The zero-order valence-electron chi connectivity index (χ0n) is 16.2. The third kappa shape index (κ3) is 3.21. The van der Waals surface area contributed by atoms with E-state index < -0.39 is 0 Å². The summed E-state index contributed by atoms with van der Waals surface area (Å²) in [5.41, 5.74) is 0.948. The fourth-order valence-electron chi connectivity index (χ4n) is 4.32. The molecule has 2 amide bonds. The summed E-state index contributed by atoms with van der Waals surface area (Å²) in [5.74, 6) is 2.02. The zero-order valence-corrected chi connectivity index (χ0v) is 16.9. The number of carbonyl (C=O) groups is 1. The second kappa shape index (κ2) is 6.95. The summed E-state index contributed by atoms with van der Waals surface area (Å²) >= 11 is 6.09. The van der Waals surface area contributed by atoms with Crippen molar-refractivity contribution in [2.75, 3.05) is 56.2 Å². The van der Waals surface area contributed by atoms with Crippen LogP contribution >= 0.6 is 11.6 Å². The summed E-state index contributed by atoms with van der Waals surface area (Å²) < 4.78 is 10.8. The predicted molar refractivity (Wildman–Crippen MR) is 109 cm³/mol. The van der Waals surface area contributed by atoms with Crippen molar-refractivity contribution in [2.45, 2.75) is 6.42 Å². The molecule has 1 spiro atoms. The average Bonchev–Trinajstić information content (AvgIpc) is 2.88. The molecule has 29 heavy (non-hydrogen) atoms. The molecule has 2 saturated heterocycles. The van der Waals surface area contributed by atoms with Gasteiger partial charge in [-0.05, 0) is 18.6 Å². The number of urea groups is 1. The van der Waals surface area contributed by atoms with Gasteiger partial charge in [-0.25, -0.2) is 14.8 Å². The van der Waals surface area contributed by atoms with Gasteiger partial charge in [0.25, 0.3) is 0 Å². The first kappa shape index (κ1) is 18.3. The van der Waals surface area contributed by atoms with Gasteiger partial charge in [0.2, 0.25) is 5.88 Å². The Bertz CT molecular complexity index is 924. The first-order valence-electron chi connectivity index (χ1n) is 9.67. The molecule has 3 aliphatic heterocycles. The molecule has 0 radical (unpaired) electrons. The normalized spacial score (nSPS) is 19.6. The molecular weight excluding hydrogens is 394 g/mol. The molecule has 1 aromatic carbocycles. The number of anilines is 2. The second-order valence-electron chi connectivity index (χ2n) is 7.88. The number of halogens is 1. The molecule has 3 aliphatic rings. The highest BCUT2D eigenvalue weighted by Crippen LogP contribution is 2.43. The summed E-state index contributed by atoms with van der Waals surface area (Å²) in [7, 11) is 1.58. The minimum absolute atomic E-state index is 0.0346. The molecule has 5 rings (SSSR count). The summed E-state index contributed by atoms with van der Waals surface area (Å²) in [4.78, 5) is 27.7. The molecule has 4 heterocycles. The first-order valence-corrected chi connectivity index (χ1v) is 10.0. The van der Waals surface area contributed by atoms with Gasteiger partial charge in [0.05, 0.1) is 31.8 Å². The number of methoxy groups -OCH3 is 1. The van der Waals surface area contributed by atoms with Crippen LogP contribution in [0.15, 0.2) is 30.6 Å². The molecule has 2 aromatic rings. The maximum Gasteiger partial charge on any atom is 0.324 e. The Kier molecular flexibility index (Phi) is 4.38. The van der Waals surface area contributed by atoms with Crippen LogP contribution in [-0.4, -0.2) is 67.3 Å². The third-order valence-corrected chi connectivity index (χ3v) is 5.99. The summed E-state index contributed by atoms with van der Waals surface area (Å²) in [6.07, 6.45) is 4.15. The fraction of sp³-hybridized carbons (Fsp3) is 0.450. The van der Waals surface area contributed by atoms with Gasteiger partial charge >= 0.3 is 6.03 Å². The van der Waals surface area contributed by atoms with Crippen molar-refractivity contribution in [3.63, 3.8) is 0 Å². The molecule has 0 atom stereocenters. The number of rotatable bonds is 2. The Morgan fingerprint density at radius 3 is 2.76 bits per heavy atom. The highest BCUT2D eigenvalue weighted by atomic mass is 35.5. The minimum Gasteiger partial charge on any atom is -0.491 e. The number of aromatic nitrogens is 2. The Morgan fingerprint density at radius 1 is 1.21 bits per heavy atom. The number of fused-ring (bicyclic) bond motifs is 1. The summed E-state index contributed by atoms with van der Waals surface area (Å²) in [5, 5.41) is 0.608. The van der Waals surface area contributed by atoms with Crippen LogP contribution in [0.5, 0.6) is 11.6 Å². The Balaban J connectivity index is 1.22. The van der Waals surface area contributed by atoms with E-state index in [0.29, 0.717) is 29.8 Å². The summed E-state index contributed by atoms with van der Waals surface area (Å²) in [6.45, 7) is 4.50. The number of ether oxygens (including phenoxy) is 2. The van der Waals surface area contributed by atoms with Crippen molar-refractivity contribution in [2.24, 2.45) is 5.41 Å². The number of nitrogens with zero attached hydrogens (tertiary/aromatic N) is 5. The standard InChI is InChI=1S/C20H22ClN5O3/c1-28-18-9-22-17(8-23-18)24-10-20(11-24)12-25(13-20)19(27)26-5-2-6-29-16-7-14(21)3-4-15(16)26/h3-4,7-9H,2,5-6,10-13H2,1H3. The van der Waals surface area contributed by atoms with Crippen LogP contribution in [0.25, 0.3) is 0 Å². The van der Waals surface area contributed by atoms with Gasteiger partial charge in [0, 0.05) is 49.2 Å². The van der Waals surface area contributed by atoms with Gasteiger partial charge in [-0.2, -0.15) is 0 Å². The SMILES string of the molecule is COc1cnc(N2CC3(CN(C(=O)N4CCCOc5cc(Cl)ccc54)C3)C2)cn1. The molecule has 0 bridgehead atoms. The molecule has 1 aromatic heterocycles. The van der Waals surface area contributed by atoms with E-state index in [1.54, 1.807) is 31.6 Å². The van der Waals surface area contributed by atoms with Gasteiger partial charge in [-0.3, -0.25) is 4.90 Å². The molecule has 8 nitrogen and oxygen atoms in total. The second-order valence-corrected chi connectivity index (χ2v) is 8.31. The van der Waals surface area contributed by atoms with Crippen LogP contribution in [0, 0.1) is 5.41 Å². The van der Waals surface area contributed by atoms with E-state index in [4.69, 9.17) is 21.1 Å². The van der Waals surface area contributed by atoms with Crippen LogP contribution in [0.1, 0.15) is 6.42 Å². The molecule has 9 heteroatoms. The molecule has 2 fully saturated rings. The van der Waals surface area contributed by atoms with E-state index in [1.165, 1.54) is 0 Å². The van der Waals surface area contributed by atoms with Crippen molar-refractivity contribution >= 4 is 29.1 Å². The Hall–Kier alpha value is -2.74. The van der Waals surface area contributed by atoms with Crippen LogP contribution in [0.2, 0.25) is 5.02 Å². The number of likely N-dealkylation sites (tertiary alicyclic amines) is 1. The largest absolute Gasteiger partial charge is 0.491 e. The molecule has 0 aliphatic carbocycles. The van der Waals surface area contributed by atoms with E-state index >= 15 is 0 Å². The zero-order chi connectivity index (χ0) is 20.0. The number of hydrogen-bond donors (Lipinski definition) is 0. The molecular formula is C20H22ClN5O3. The van der Waals surface area contributed by atoms with Crippen LogP contribution in [0.3, 0.4) is 0 Å². The topological polar surface area (TPSA) is 71.0 Å². The molecule has 152 valence electrons. The maximum atomic E-state index is 13.1. The van der Waals surface area contributed by atoms with E-state index in [2.05, 4.69) is 14.9 Å². The average molecular weight is 416 g/mol. The number of hydrogen-bond acceptors (Lipinski definition) is 6. The first-order chi connectivity index (χ1) is 14.1. The quantitative estimate of drug-likeness (QED) is 0.751. The summed E-state index contributed by atoms with van der Waals surface area (Å²) in [6, 6.07) is 5.48. The third-order valence-electron chi connectivity index (χ3n) is 5.75. The lowest BCUT2D eigenvalue weighted by atomic mass is 9.73. The molecule has 0 saturated carbocycles. The smallest absolute Gasteiger partial charge is 0.324 e. The lowest BCUT2D eigenvalue weighted by Crippen LogP contribution is -2.74. The predicted octanol–water partition coefficient (Wildman–Crippen LogP) is 2.67. The van der Waals surface area contributed by atoms with Crippen molar-refractivity contribution in [1.29, 1.82) is 0 Å². The van der Waals surface area contributed by atoms with Crippen molar-refractivity contribution in [1.82, 2.24) is 14.9 Å². The molecule has 0 N–H and O–H groups in total. The number of amides is 2.